The van der Waals surface area contributed by atoms with E-state index in [0.717, 1.165) is 10.0 Å². The van der Waals surface area contributed by atoms with Crippen molar-refractivity contribution >= 4 is 21.9 Å². The second kappa shape index (κ2) is 5.89. The molecule has 0 amide bonds. The standard InChI is InChI=1S/C15H13BrO3/c1-10-7-8-12(16)13(9-10)19-14(15(17)18)11-5-3-2-4-6-11/h2-9,14H,1H3,(H,17,18). The summed E-state index contributed by atoms with van der Waals surface area (Å²) >= 11 is 3.36. The quantitative estimate of drug-likeness (QED) is 0.927. The van der Waals surface area contributed by atoms with Crippen molar-refractivity contribution in [2.75, 3.05) is 0 Å². The number of halogens is 1. The highest BCUT2D eigenvalue weighted by Gasteiger charge is 2.22. The Labute approximate surface area is 120 Å². The van der Waals surface area contributed by atoms with Crippen molar-refractivity contribution < 1.29 is 14.6 Å². The Balaban J connectivity index is 2.32. The number of aryl methyl sites for hydroxylation is 1. The maximum Gasteiger partial charge on any atom is 0.349 e. The third-order valence-corrected chi connectivity index (χ3v) is 3.31. The Bertz CT molecular complexity index is 581. The number of carbonyl (C=O) groups is 1. The number of carboxylic acids is 1. The van der Waals surface area contributed by atoms with Crippen LogP contribution in [0, 0.1) is 6.92 Å². The smallest absolute Gasteiger partial charge is 0.349 e. The molecular formula is C15H13BrO3. The SMILES string of the molecule is Cc1ccc(Br)c(OC(C(=O)O)c2ccccc2)c1. The van der Waals surface area contributed by atoms with Gasteiger partial charge in [0.05, 0.1) is 4.47 Å². The van der Waals surface area contributed by atoms with Crippen LogP contribution >= 0.6 is 15.9 Å². The fourth-order valence-electron chi connectivity index (χ4n) is 1.72. The van der Waals surface area contributed by atoms with Gasteiger partial charge >= 0.3 is 5.97 Å². The summed E-state index contributed by atoms with van der Waals surface area (Å²) in [5.41, 5.74) is 1.62. The zero-order valence-corrected chi connectivity index (χ0v) is 11.9. The van der Waals surface area contributed by atoms with Gasteiger partial charge in [-0.2, -0.15) is 0 Å². The van der Waals surface area contributed by atoms with Gasteiger partial charge in [-0.25, -0.2) is 4.79 Å². The van der Waals surface area contributed by atoms with E-state index >= 15 is 0 Å². The monoisotopic (exact) mass is 320 g/mol. The second-order valence-corrected chi connectivity index (χ2v) is 5.04. The lowest BCUT2D eigenvalue weighted by molar-refractivity contribution is -0.145. The summed E-state index contributed by atoms with van der Waals surface area (Å²) in [6, 6.07) is 14.5. The number of ether oxygens (including phenoxy) is 1. The minimum Gasteiger partial charge on any atom is -0.478 e. The van der Waals surface area contributed by atoms with E-state index in [1.807, 2.05) is 31.2 Å². The number of rotatable bonds is 4. The highest BCUT2D eigenvalue weighted by Crippen LogP contribution is 2.30. The first kappa shape index (κ1) is 13.6. The van der Waals surface area contributed by atoms with E-state index in [1.54, 1.807) is 24.3 Å². The molecule has 2 aromatic rings. The first-order chi connectivity index (χ1) is 9.08. The molecule has 0 saturated carbocycles. The van der Waals surface area contributed by atoms with Crippen LogP contribution in [0.15, 0.2) is 53.0 Å². The average Bonchev–Trinajstić information content (AvgIpc) is 2.40. The van der Waals surface area contributed by atoms with Crippen LogP contribution in [0.5, 0.6) is 5.75 Å². The van der Waals surface area contributed by atoms with Gasteiger partial charge in [-0.3, -0.25) is 0 Å². The normalized spacial score (nSPS) is 11.9. The molecule has 1 unspecified atom stereocenters. The van der Waals surface area contributed by atoms with Crippen LogP contribution in [0.4, 0.5) is 0 Å². The number of hydrogen-bond donors (Lipinski definition) is 1. The van der Waals surface area contributed by atoms with E-state index < -0.39 is 12.1 Å². The zero-order valence-electron chi connectivity index (χ0n) is 10.3. The largest absolute Gasteiger partial charge is 0.478 e. The van der Waals surface area contributed by atoms with E-state index in [0.29, 0.717) is 11.3 Å². The molecule has 98 valence electrons. The topological polar surface area (TPSA) is 46.5 Å². The highest BCUT2D eigenvalue weighted by molar-refractivity contribution is 9.10. The first-order valence-electron chi connectivity index (χ1n) is 5.78. The van der Waals surface area contributed by atoms with Crippen molar-refractivity contribution in [2.45, 2.75) is 13.0 Å². The van der Waals surface area contributed by atoms with Gasteiger partial charge in [0.1, 0.15) is 5.75 Å². The molecule has 19 heavy (non-hydrogen) atoms. The highest BCUT2D eigenvalue weighted by atomic mass is 79.9. The van der Waals surface area contributed by atoms with Crippen molar-refractivity contribution in [3.05, 3.63) is 64.1 Å². The predicted octanol–water partition coefficient (Wildman–Crippen LogP) is 3.96. The van der Waals surface area contributed by atoms with Crippen LogP contribution < -0.4 is 4.74 Å². The van der Waals surface area contributed by atoms with Gasteiger partial charge in [0, 0.05) is 5.56 Å². The molecule has 1 N–H and O–H groups in total. The van der Waals surface area contributed by atoms with Crippen LogP contribution in [-0.4, -0.2) is 11.1 Å². The minimum absolute atomic E-state index is 0.524. The lowest BCUT2D eigenvalue weighted by atomic mass is 10.1. The third-order valence-electron chi connectivity index (χ3n) is 2.66. The van der Waals surface area contributed by atoms with Gasteiger partial charge in [-0.05, 0) is 40.5 Å². The number of hydrogen-bond acceptors (Lipinski definition) is 2. The molecule has 3 nitrogen and oxygen atoms in total. The van der Waals surface area contributed by atoms with E-state index in [-0.39, 0.29) is 0 Å². The summed E-state index contributed by atoms with van der Waals surface area (Å²) in [7, 11) is 0. The van der Waals surface area contributed by atoms with Crippen LogP contribution in [0.25, 0.3) is 0 Å². The van der Waals surface area contributed by atoms with Crippen molar-refractivity contribution in [1.29, 1.82) is 0 Å². The predicted molar refractivity (Wildman–Crippen MR) is 76.3 cm³/mol. The van der Waals surface area contributed by atoms with Gasteiger partial charge < -0.3 is 9.84 Å². The molecular weight excluding hydrogens is 308 g/mol. The molecule has 0 aromatic heterocycles. The van der Waals surface area contributed by atoms with Crippen LogP contribution in [0.2, 0.25) is 0 Å². The minimum atomic E-state index is -1.01. The first-order valence-corrected chi connectivity index (χ1v) is 6.58. The summed E-state index contributed by atoms with van der Waals surface area (Å²) in [5.74, 6) is -0.490. The average molecular weight is 321 g/mol. The molecule has 0 saturated heterocycles. The number of benzene rings is 2. The summed E-state index contributed by atoms with van der Waals surface area (Å²) in [4.78, 5) is 11.4. The maximum atomic E-state index is 11.4. The molecule has 0 spiro atoms. The van der Waals surface area contributed by atoms with Crippen LogP contribution in [-0.2, 0) is 4.79 Å². The fourth-order valence-corrected chi connectivity index (χ4v) is 2.06. The Morgan fingerprint density at radius 2 is 1.89 bits per heavy atom. The molecule has 0 heterocycles. The molecule has 0 bridgehead atoms. The van der Waals surface area contributed by atoms with Gasteiger partial charge in [0.25, 0.3) is 0 Å². The van der Waals surface area contributed by atoms with E-state index in [4.69, 9.17) is 4.74 Å². The number of aliphatic carboxylic acids is 1. The van der Waals surface area contributed by atoms with E-state index in [2.05, 4.69) is 15.9 Å². The van der Waals surface area contributed by atoms with E-state index in [1.165, 1.54) is 0 Å². The summed E-state index contributed by atoms with van der Waals surface area (Å²) < 4.78 is 6.36. The van der Waals surface area contributed by atoms with Gasteiger partial charge in [0.2, 0.25) is 6.10 Å². The van der Waals surface area contributed by atoms with Gasteiger partial charge in [-0.1, -0.05) is 36.4 Å². The third kappa shape index (κ3) is 3.35. The Hall–Kier alpha value is -1.81. The fraction of sp³-hybridized carbons (Fsp3) is 0.133. The summed E-state index contributed by atoms with van der Waals surface area (Å²) in [6.45, 7) is 1.93. The van der Waals surface area contributed by atoms with Crippen molar-refractivity contribution in [3.8, 4) is 5.75 Å². The molecule has 0 aliphatic carbocycles. The molecule has 1 atom stereocenters. The Morgan fingerprint density at radius 3 is 2.53 bits per heavy atom. The lowest BCUT2D eigenvalue weighted by Gasteiger charge is -2.16. The molecule has 0 aliphatic rings. The van der Waals surface area contributed by atoms with Crippen molar-refractivity contribution in [1.82, 2.24) is 0 Å². The Morgan fingerprint density at radius 1 is 1.21 bits per heavy atom. The van der Waals surface area contributed by atoms with E-state index in [9.17, 15) is 9.90 Å². The number of carboxylic acid groups (broad SMARTS) is 1. The van der Waals surface area contributed by atoms with Gasteiger partial charge in [0.15, 0.2) is 0 Å². The van der Waals surface area contributed by atoms with Crippen molar-refractivity contribution in [3.63, 3.8) is 0 Å². The van der Waals surface area contributed by atoms with Crippen LogP contribution in [0.1, 0.15) is 17.2 Å². The molecule has 0 aliphatic heterocycles. The lowest BCUT2D eigenvalue weighted by Crippen LogP contribution is -2.18. The Kier molecular flexibility index (Phi) is 4.22. The maximum absolute atomic E-state index is 11.4. The molecule has 0 fully saturated rings. The summed E-state index contributed by atoms with van der Waals surface area (Å²) in [6.07, 6.45) is -1.01. The second-order valence-electron chi connectivity index (χ2n) is 4.18. The van der Waals surface area contributed by atoms with Crippen molar-refractivity contribution in [2.24, 2.45) is 0 Å². The zero-order chi connectivity index (χ0) is 13.8. The molecule has 2 aromatic carbocycles. The van der Waals surface area contributed by atoms with Gasteiger partial charge in [-0.15, -0.1) is 0 Å². The molecule has 0 radical (unpaired) electrons. The summed E-state index contributed by atoms with van der Waals surface area (Å²) in [5, 5.41) is 9.31. The van der Waals surface area contributed by atoms with Crippen LogP contribution in [0.3, 0.4) is 0 Å². The molecule has 2 rings (SSSR count). The molecule has 4 heteroatoms.